The Morgan fingerprint density at radius 2 is 1.72 bits per heavy atom. The lowest BCUT2D eigenvalue weighted by molar-refractivity contribution is -0.129. The monoisotopic (exact) mass is 515 g/mol. The molecule has 0 aliphatic carbocycles. The van der Waals surface area contributed by atoms with Crippen molar-refractivity contribution < 1.29 is 14.3 Å². The molecule has 3 aromatic carbocycles. The average Bonchev–Trinajstić information content (AvgIpc) is 3.09. The molecule has 4 rings (SSSR count). The summed E-state index contributed by atoms with van der Waals surface area (Å²) in [5.41, 5.74) is 2.79. The minimum Gasteiger partial charge on any atom is -0.489 e. The second-order valence-electron chi connectivity index (χ2n) is 6.29. The number of halogens is 2. The summed E-state index contributed by atoms with van der Waals surface area (Å²) in [5, 5.41) is 0.676. The first-order chi connectivity index (χ1) is 14.1. The van der Waals surface area contributed by atoms with E-state index < -0.39 is 5.97 Å². The molecule has 4 nitrogen and oxygen atoms in total. The van der Waals surface area contributed by atoms with Gasteiger partial charge in [0.05, 0.1) is 0 Å². The predicted molar refractivity (Wildman–Crippen MR) is 122 cm³/mol. The van der Waals surface area contributed by atoms with E-state index in [1.165, 1.54) is 0 Å². The molecule has 1 heterocycles. The van der Waals surface area contributed by atoms with Gasteiger partial charge in [0.25, 0.3) is 0 Å². The van der Waals surface area contributed by atoms with Crippen molar-refractivity contribution in [3.05, 3.63) is 104 Å². The Kier molecular flexibility index (Phi) is 5.97. The third-order valence-electron chi connectivity index (χ3n) is 4.25. The molecule has 0 radical (unpaired) electrons. The molecule has 29 heavy (non-hydrogen) atoms. The largest absolute Gasteiger partial charge is 0.489 e. The van der Waals surface area contributed by atoms with E-state index in [0.29, 0.717) is 23.3 Å². The third kappa shape index (κ3) is 4.86. The molecule has 1 aliphatic heterocycles. The number of esters is 1. The maximum atomic E-state index is 12.1. The van der Waals surface area contributed by atoms with Gasteiger partial charge in [-0.1, -0.05) is 41.9 Å². The molecule has 0 N–H and O–H groups in total. The zero-order chi connectivity index (χ0) is 20.2. The number of hydrogen-bond donors (Lipinski definition) is 0. The van der Waals surface area contributed by atoms with E-state index in [9.17, 15) is 4.79 Å². The van der Waals surface area contributed by atoms with Crippen LogP contribution in [-0.4, -0.2) is 11.9 Å². The molecule has 0 saturated carbocycles. The van der Waals surface area contributed by atoms with E-state index in [4.69, 9.17) is 21.1 Å². The van der Waals surface area contributed by atoms with Crippen LogP contribution in [0.3, 0.4) is 0 Å². The minimum atomic E-state index is -0.461. The number of carbonyl (C=O) groups excluding carboxylic acids is 1. The first kappa shape index (κ1) is 19.7. The van der Waals surface area contributed by atoms with Gasteiger partial charge in [0, 0.05) is 19.7 Å². The van der Waals surface area contributed by atoms with E-state index >= 15 is 0 Å². The summed E-state index contributed by atoms with van der Waals surface area (Å²) in [7, 11) is 0. The smallest absolute Gasteiger partial charge is 0.363 e. The lowest BCUT2D eigenvalue weighted by atomic mass is 10.2. The molecule has 0 atom stereocenters. The van der Waals surface area contributed by atoms with Crippen LogP contribution in [0.2, 0.25) is 5.02 Å². The molecular formula is C23H15ClINO3. The molecule has 0 unspecified atom stereocenters. The first-order valence-electron chi connectivity index (χ1n) is 8.83. The van der Waals surface area contributed by atoms with Crippen LogP contribution in [0.1, 0.15) is 16.7 Å². The summed E-state index contributed by atoms with van der Waals surface area (Å²) in [6.07, 6.45) is 1.69. The van der Waals surface area contributed by atoms with Crippen LogP contribution >= 0.6 is 34.2 Å². The molecular weight excluding hydrogens is 501 g/mol. The minimum absolute atomic E-state index is 0.267. The summed E-state index contributed by atoms with van der Waals surface area (Å²) >= 11 is 8.36. The van der Waals surface area contributed by atoms with Gasteiger partial charge in [0.15, 0.2) is 5.70 Å². The van der Waals surface area contributed by atoms with E-state index in [2.05, 4.69) is 27.6 Å². The van der Waals surface area contributed by atoms with Crippen molar-refractivity contribution in [1.29, 1.82) is 0 Å². The lowest BCUT2D eigenvalue weighted by Gasteiger charge is -2.07. The number of cyclic esters (lactones) is 1. The van der Waals surface area contributed by atoms with Gasteiger partial charge in [0.2, 0.25) is 5.90 Å². The Labute approximate surface area is 187 Å². The van der Waals surface area contributed by atoms with Gasteiger partial charge >= 0.3 is 5.97 Å². The maximum Gasteiger partial charge on any atom is 0.363 e. The van der Waals surface area contributed by atoms with Crippen LogP contribution in [0, 0.1) is 3.57 Å². The Morgan fingerprint density at radius 1 is 1.00 bits per heavy atom. The average molecular weight is 516 g/mol. The van der Waals surface area contributed by atoms with Gasteiger partial charge in [0.1, 0.15) is 12.4 Å². The van der Waals surface area contributed by atoms with Crippen molar-refractivity contribution in [2.45, 2.75) is 6.61 Å². The van der Waals surface area contributed by atoms with E-state index in [1.54, 1.807) is 6.08 Å². The summed E-state index contributed by atoms with van der Waals surface area (Å²) < 4.78 is 12.2. The van der Waals surface area contributed by atoms with Crippen LogP contribution in [0.25, 0.3) is 6.08 Å². The zero-order valence-corrected chi connectivity index (χ0v) is 18.1. The Balaban J connectivity index is 1.46. The Hall–Kier alpha value is -2.64. The topological polar surface area (TPSA) is 47.9 Å². The molecule has 0 bridgehead atoms. The molecule has 0 amide bonds. The number of carbonyl (C=O) groups is 1. The molecule has 1 aliphatic rings. The van der Waals surface area contributed by atoms with Crippen molar-refractivity contribution >= 4 is 52.1 Å². The molecule has 0 saturated heterocycles. The van der Waals surface area contributed by atoms with Crippen LogP contribution in [0.4, 0.5) is 0 Å². The summed E-state index contributed by atoms with van der Waals surface area (Å²) in [6.45, 7) is 0.385. The van der Waals surface area contributed by atoms with Crippen molar-refractivity contribution in [3.63, 3.8) is 0 Å². The van der Waals surface area contributed by atoms with Gasteiger partial charge < -0.3 is 9.47 Å². The molecule has 3 aromatic rings. The van der Waals surface area contributed by atoms with Crippen LogP contribution in [0.5, 0.6) is 5.75 Å². The number of hydrogen-bond acceptors (Lipinski definition) is 4. The highest BCUT2D eigenvalue weighted by Gasteiger charge is 2.24. The quantitative estimate of drug-likeness (QED) is 0.243. The van der Waals surface area contributed by atoms with Gasteiger partial charge in [-0.3, -0.25) is 0 Å². The summed E-state index contributed by atoms with van der Waals surface area (Å²) in [5.74, 6) is 0.569. The van der Waals surface area contributed by atoms with Crippen molar-refractivity contribution in [3.8, 4) is 5.75 Å². The first-order valence-corrected chi connectivity index (χ1v) is 10.3. The van der Waals surface area contributed by atoms with E-state index in [-0.39, 0.29) is 5.70 Å². The van der Waals surface area contributed by atoms with E-state index in [0.717, 1.165) is 20.3 Å². The number of rotatable bonds is 5. The highest BCUT2D eigenvalue weighted by atomic mass is 127. The van der Waals surface area contributed by atoms with Crippen LogP contribution < -0.4 is 4.74 Å². The summed E-state index contributed by atoms with van der Waals surface area (Å²) in [4.78, 5) is 16.5. The van der Waals surface area contributed by atoms with Gasteiger partial charge in [-0.05, 0) is 76.7 Å². The van der Waals surface area contributed by atoms with Crippen LogP contribution in [0.15, 0.2) is 83.5 Å². The van der Waals surface area contributed by atoms with E-state index in [1.807, 2.05) is 72.8 Å². The highest BCUT2D eigenvalue weighted by molar-refractivity contribution is 14.1. The number of aliphatic imine (C=N–C) groups is 1. The fraction of sp³-hybridized carbons (Fsp3) is 0.0435. The van der Waals surface area contributed by atoms with Gasteiger partial charge in [-0.2, -0.15) is 0 Å². The van der Waals surface area contributed by atoms with Gasteiger partial charge in [-0.25, -0.2) is 9.79 Å². The van der Waals surface area contributed by atoms with Crippen molar-refractivity contribution in [1.82, 2.24) is 0 Å². The Morgan fingerprint density at radius 3 is 2.45 bits per heavy atom. The molecule has 144 valence electrons. The fourth-order valence-electron chi connectivity index (χ4n) is 2.72. The predicted octanol–water partition coefficient (Wildman–Crippen LogP) is 5.87. The summed E-state index contributed by atoms with van der Waals surface area (Å²) in [6, 6.07) is 22.6. The second kappa shape index (κ2) is 8.80. The molecule has 0 spiro atoms. The number of ether oxygens (including phenoxy) is 2. The van der Waals surface area contributed by atoms with Gasteiger partial charge in [-0.15, -0.1) is 0 Å². The van der Waals surface area contributed by atoms with Crippen molar-refractivity contribution in [2.75, 3.05) is 0 Å². The molecule has 0 aromatic heterocycles. The molecule has 0 fully saturated rings. The second-order valence-corrected chi connectivity index (χ2v) is 7.94. The SMILES string of the molecule is O=C1OC(c2ccc(I)cc2)=N/C1=C\c1ccc(OCc2ccccc2Cl)cc1. The fourth-order valence-corrected chi connectivity index (χ4v) is 3.27. The standard InChI is InChI=1S/C23H15ClINO3/c24-20-4-2-1-3-17(20)14-28-19-11-5-15(6-12-19)13-21-23(27)29-22(26-21)16-7-9-18(25)10-8-16/h1-13H,14H2/b21-13-. The number of nitrogens with zero attached hydrogens (tertiary/aromatic N) is 1. The van der Waals surface area contributed by atoms with Crippen LogP contribution in [-0.2, 0) is 16.1 Å². The third-order valence-corrected chi connectivity index (χ3v) is 5.34. The number of benzene rings is 3. The Bertz CT molecular complexity index is 1110. The normalized spacial score (nSPS) is 14.6. The maximum absolute atomic E-state index is 12.1. The van der Waals surface area contributed by atoms with Crippen molar-refractivity contribution in [2.24, 2.45) is 4.99 Å². The molecule has 6 heteroatoms. The highest BCUT2D eigenvalue weighted by Crippen LogP contribution is 2.22. The lowest BCUT2D eigenvalue weighted by Crippen LogP contribution is -2.05. The zero-order valence-electron chi connectivity index (χ0n) is 15.1.